The Morgan fingerprint density at radius 2 is 2.06 bits per heavy atom. The first-order chi connectivity index (χ1) is 14.7. The molecule has 31 heavy (non-hydrogen) atoms. The minimum atomic E-state index is -4.56. The normalized spacial score (nSPS) is 12.5. The standard InChI is InChI=1S/C19H21F3N6O2S/c20-19(21,22)5-12-31(29,30)28(9-2-1-6-23)11-10-27-14-15(13-26-27)16-3-7-24-18-17(16)4-8-25-18/h3-4,7-8,13-14H,1-2,5,9-12H2,(H,24,25). The Bertz CT molecular complexity index is 1160. The summed E-state index contributed by atoms with van der Waals surface area (Å²) in [6, 6.07) is 5.64. The molecule has 12 heteroatoms. The Hall–Kier alpha value is -2.91. The molecule has 0 aromatic carbocycles. The first kappa shape index (κ1) is 22.8. The lowest BCUT2D eigenvalue weighted by atomic mass is 10.1. The van der Waals surface area contributed by atoms with Crippen LogP contribution in [0.2, 0.25) is 0 Å². The molecular weight excluding hydrogens is 433 g/mol. The number of nitriles is 1. The van der Waals surface area contributed by atoms with E-state index in [2.05, 4.69) is 15.1 Å². The third-order valence-corrected chi connectivity index (χ3v) is 6.59. The van der Waals surface area contributed by atoms with Crippen molar-refractivity contribution in [3.05, 3.63) is 36.9 Å². The number of nitrogens with one attached hydrogen (secondary N) is 1. The number of aromatic nitrogens is 4. The van der Waals surface area contributed by atoms with Crippen LogP contribution in [0.5, 0.6) is 0 Å². The number of hydrogen-bond donors (Lipinski definition) is 1. The number of halogens is 3. The summed E-state index contributed by atoms with van der Waals surface area (Å²) in [5, 5.41) is 13.8. The van der Waals surface area contributed by atoms with Crippen molar-refractivity contribution in [1.82, 2.24) is 24.1 Å². The number of sulfonamides is 1. The van der Waals surface area contributed by atoms with Gasteiger partial charge in [-0.25, -0.2) is 17.7 Å². The van der Waals surface area contributed by atoms with Gasteiger partial charge in [-0.3, -0.25) is 4.68 Å². The number of H-pyrrole nitrogens is 1. The zero-order valence-electron chi connectivity index (χ0n) is 16.5. The molecule has 0 unspecified atom stereocenters. The van der Waals surface area contributed by atoms with Gasteiger partial charge in [0.1, 0.15) is 5.65 Å². The van der Waals surface area contributed by atoms with Crippen LogP contribution in [0, 0.1) is 11.3 Å². The van der Waals surface area contributed by atoms with E-state index < -0.39 is 28.4 Å². The average molecular weight is 454 g/mol. The van der Waals surface area contributed by atoms with Crippen molar-refractivity contribution < 1.29 is 21.6 Å². The van der Waals surface area contributed by atoms with Gasteiger partial charge >= 0.3 is 6.18 Å². The number of alkyl halides is 3. The van der Waals surface area contributed by atoms with E-state index >= 15 is 0 Å². The van der Waals surface area contributed by atoms with Crippen molar-refractivity contribution in [2.75, 3.05) is 18.8 Å². The van der Waals surface area contributed by atoms with Gasteiger partial charge in [0.15, 0.2) is 0 Å². The molecule has 3 aromatic heterocycles. The Kier molecular flexibility index (Phi) is 6.97. The molecule has 3 rings (SSSR count). The summed E-state index contributed by atoms with van der Waals surface area (Å²) in [5.74, 6) is -1.02. The molecule has 8 nitrogen and oxygen atoms in total. The number of unbranched alkanes of at least 4 members (excludes halogenated alkanes) is 1. The van der Waals surface area contributed by atoms with Gasteiger partial charge in [0.25, 0.3) is 0 Å². The number of hydrogen-bond acceptors (Lipinski definition) is 5. The van der Waals surface area contributed by atoms with Crippen molar-refractivity contribution >= 4 is 21.1 Å². The maximum atomic E-state index is 12.5. The van der Waals surface area contributed by atoms with Crippen molar-refractivity contribution in [2.45, 2.75) is 32.0 Å². The lowest BCUT2D eigenvalue weighted by molar-refractivity contribution is -0.130. The molecule has 1 N–H and O–H groups in total. The molecular formula is C19H21F3N6O2S. The second kappa shape index (κ2) is 9.49. The number of pyridine rings is 1. The lowest BCUT2D eigenvalue weighted by Gasteiger charge is -2.22. The molecule has 0 aliphatic heterocycles. The third kappa shape index (κ3) is 6.05. The molecule has 0 radical (unpaired) electrons. The fraction of sp³-hybridized carbons (Fsp3) is 0.421. The molecule has 166 valence electrons. The summed E-state index contributed by atoms with van der Waals surface area (Å²) in [6.45, 7) is 0.109. The van der Waals surface area contributed by atoms with E-state index in [0.717, 1.165) is 26.5 Å². The van der Waals surface area contributed by atoms with E-state index in [1.165, 1.54) is 0 Å². The molecule has 0 fully saturated rings. The highest BCUT2D eigenvalue weighted by molar-refractivity contribution is 7.89. The van der Waals surface area contributed by atoms with Gasteiger partial charge in [0.2, 0.25) is 10.0 Å². The smallest absolute Gasteiger partial charge is 0.346 e. The quantitative estimate of drug-likeness (QED) is 0.473. The topological polar surface area (TPSA) is 108 Å². The van der Waals surface area contributed by atoms with Crippen molar-refractivity contribution in [3.8, 4) is 17.2 Å². The van der Waals surface area contributed by atoms with E-state index in [1.807, 2.05) is 18.2 Å². The maximum Gasteiger partial charge on any atom is 0.390 e. The molecule has 0 spiro atoms. The molecule has 0 amide bonds. The Morgan fingerprint density at radius 1 is 1.26 bits per heavy atom. The molecule has 0 bridgehead atoms. The molecule has 0 aliphatic rings. The van der Waals surface area contributed by atoms with Crippen LogP contribution < -0.4 is 0 Å². The first-order valence-corrected chi connectivity index (χ1v) is 11.2. The monoisotopic (exact) mass is 454 g/mol. The largest absolute Gasteiger partial charge is 0.390 e. The minimum absolute atomic E-state index is 0.0177. The van der Waals surface area contributed by atoms with Crippen LogP contribution in [0.3, 0.4) is 0 Å². The third-order valence-electron chi connectivity index (χ3n) is 4.72. The molecule has 0 atom stereocenters. The van der Waals surface area contributed by atoms with Gasteiger partial charge in [-0.1, -0.05) is 0 Å². The van der Waals surface area contributed by atoms with E-state index in [1.54, 1.807) is 29.5 Å². The van der Waals surface area contributed by atoms with Gasteiger partial charge in [0.05, 0.1) is 31.0 Å². The Morgan fingerprint density at radius 3 is 2.81 bits per heavy atom. The van der Waals surface area contributed by atoms with E-state index in [4.69, 9.17) is 5.26 Å². The maximum absolute atomic E-state index is 12.5. The number of fused-ring (bicyclic) bond motifs is 1. The Balaban J connectivity index is 1.71. The van der Waals surface area contributed by atoms with Crippen LogP contribution in [0.25, 0.3) is 22.2 Å². The van der Waals surface area contributed by atoms with Crippen molar-refractivity contribution in [3.63, 3.8) is 0 Å². The predicted octanol–water partition coefficient (Wildman–Crippen LogP) is 3.31. The molecule has 3 heterocycles. The number of nitrogens with zero attached hydrogens (tertiary/aromatic N) is 5. The average Bonchev–Trinajstić information content (AvgIpc) is 3.37. The fourth-order valence-electron chi connectivity index (χ4n) is 3.15. The summed E-state index contributed by atoms with van der Waals surface area (Å²) < 4.78 is 65.0. The zero-order valence-corrected chi connectivity index (χ0v) is 17.3. The molecule has 3 aromatic rings. The molecule has 0 aliphatic carbocycles. The predicted molar refractivity (Wildman–Crippen MR) is 108 cm³/mol. The molecule has 0 saturated carbocycles. The first-order valence-electron chi connectivity index (χ1n) is 9.56. The second-order valence-electron chi connectivity index (χ2n) is 6.93. The highest BCUT2D eigenvalue weighted by Gasteiger charge is 2.32. The van der Waals surface area contributed by atoms with Gasteiger partial charge in [-0.15, -0.1) is 0 Å². The van der Waals surface area contributed by atoms with Crippen LogP contribution >= 0.6 is 0 Å². The summed E-state index contributed by atoms with van der Waals surface area (Å²) >= 11 is 0. The fourth-order valence-corrected chi connectivity index (χ4v) is 4.66. The summed E-state index contributed by atoms with van der Waals surface area (Å²) in [5.41, 5.74) is 2.44. The highest BCUT2D eigenvalue weighted by Crippen LogP contribution is 2.26. The van der Waals surface area contributed by atoms with E-state index in [9.17, 15) is 21.6 Å². The van der Waals surface area contributed by atoms with Crippen LogP contribution in [-0.4, -0.2) is 57.5 Å². The second-order valence-corrected chi connectivity index (χ2v) is 9.02. The summed E-state index contributed by atoms with van der Waals surface area (Å²) in [4.78, 5) is 7.26. The summed E-state index contributed by atoms with van der Waals surface area (Å²) in [7, 11) is -4.12. The number of aromatic amines is 1. The summed E-state index contributed by atoms with van der Waals surface area (Å²) in [6.07, 6.45) is 1.21. The minimum Gasteiger partial charge on any atom is -0.346 e. The van der Waals surface area contributed by atoms with Crippen molar-refractivity contribution in [2.24, 2.45) is 0 Å². The SMILES string of the molecule is N#CCCCN(CCn1cc(-c2ccnc3[nH]ccc23)cn1)S(=O)(=O)CCC(F)(F)F. The van der Waals surface area contributed by atoms with Crippen LogP contribution in [0.1, 0.15) is 19.3 Å². The molecule has 0 saturated heterocycles. The van der Waals surface area contributed by atoms with E-state index in [0.29, 0.717) is 0 Å². The van der Waals surface area contributed by atoms with Crippen LogP contribution in [-0.2, 0) is 16.6 Å². The Labute approximate surface area is 177 Å². The van der Waals surface area contributed by atoms with E-state index in [-0.39, 0.29) is 32.5 Å². The van der Waals surface area contributed by atoms with Crippen LogP contribution in [0.15, 0.2) is 36.9 Å². The van der Waals surface area contributed by atoms with Gasteiger partial charge < -0.3 is 4.98 Å². The van der Waals surface area contributed by atoms with Crippen molar-refractivity contribution in [1.29, 1.82) is 5.26 Å². The van der Waals surface area contributed by atoms with Crippen LogP contribution in [0.4, 0.5) is 13.2 Å². The van der Waals surface area contributed by atoms with Gasteiger partial charge in [-0.05, 0) is 24.1 Å². The number of rotatable bonds is 10. The van der Waals surface area contributed by atoms with Gasteiger partial charge in [-0.2, -0.15) is 23.5 Å². The zero-order chi connectivity index (χ0) is 22.5. The highest BCUT2D eigenvalue weighted by atomic mass is 32.2. The lowest BCUT2D eigenvalue weighted by Crippen LogP contribution is -2.37. The van der Waals surface area contributed by atoms with Gasteiger partial charge in [0, 0.05) is 49.1 Å².